The SMILES string of the molecule is O=[N+]([O-])c1cc([N+](=O)[O-])c2cc1Oc1ccc(Cl)c(c1)Oc1cc(c([N+](=O)[O-])cc1[N+](=O)[O-])Oc1ccc(Cl)c(c1)O2. The molecular weight excluding hydrogens is 607 g/mol. The lowest BCUT2D eigenvalue weighted by atomic mass is 10.2. The molecule has 1 heterocycles. The van der Waals surface area contributed by atoms with Crippen molar-refractivity contribution < 1.29 is 38.6 Å². The number of nitro groups is 4. The van der Waals surface area contributed by atoms with E-state index < -0.39 is 65.4 Å². The van der Waals surface area contributed by atoms with Gasteiger partial charge < -0.3 is 18.9 Å². The minimum Gasteiger partial charge on any atom is -0.450 e. The average molecular weight is 617 g/mol. The van der Waals surface area contributed by atoms with Crippen LogP contribution in [-0.4, -0.2) is 19.7 Å². The predicted molar refractivity (Wildman–Crippen MR) is 143 cm³/mol. The summed E-state index contributed by atoms with van der Waals surface area (Å²) in [6.45, 7) is 0. The van der Waals surface area contributed by atoms with E-state index in [4.69, 9.17) is 42.1 Å². The molecule has 4 aromatic rings. The predicted octanol–water partition coefficient (Wildman–Crippen LogP) is 8.11. The molecule has 0 radical (unpaired) electrons. The molecule has 0 saturated heterocycles. The number of benzene rings is 4. The van der Waals surface area contributed by atoms with Crippen molar-refractivity contribution in [3.05, 3.63) is 111 Å². The molecule has 1 aliphatic heterocycles. The van der Waals surface area contributed by atoms with Crippen molar-refractivity contribution in [1.29, 1.82) is 0 Å². The summed E-state index contributed by atoms with van der Waals surface area (Å²) >= 11 is 12.4. The Morgan fingerprint density at radius 2 is 0.738 bits per heavy atom. The molecule has 0 aromatic heterocycles. The molecule has 0 fully saturated rings. The topological polar surface area (TPSA) is 209 Å². The molecule has 5 rings (SSSR count). The van der Waals surface area contributed by atoms with Gasteiger partial charge in [0.1, 0.15) is 35.1 Å². The number of nitro benzene ring substituents is 4. The number of nitrogens with zero attached hydrogens (tertiary/aromatic N) is 4. The van der Waals surface area contributed by atoms with Gasteiger partial charge in [-0.2, -0.15) is 0 Å². The van der Waals surface area contributed by atoms with Gasteiger partial charge in [0, 0.05) is 24.3 Å². The highest BCUT2D eigenvalue weighted by Crippen LogP contribution is 2.48. The summed E-state index contributed by atoms with van der Waals surface area (Å²) in [5, 5.41) is 46.9. The molecular formula is C24H10Cl2N4O12. The largest absolute Gasteiger partial charge is 0.450 e. The Hall–Kier alpha value is -5.74. The summed E-state index contributed by atoms with van der Waals surface area (Å²) in [7, 11) is 0. The Bertz CT molecular complexity index is 1720. The third-order valence-corrected chi connectivity index (χ3v) is 6.19. The first kappa shape index (κ1) is 27.8. The van der Waals surface area contributed by atoms with Crippen molar-refractivity contribution in [3.63, 3.8) is 0 Å². The summed E-state index contributed by atoms with van der Waals surface area (Å²) < 4.78 is 22.6. The van der Waals surface area contributed by atoms with Crippen molar-refractivity contribution in [1.82, 2.24) is 0 Å². The summed E-state index contributed by atoms with van der Waals surface area (Å²) in [6.07, 6.45) is 0. The lowest BCUT2D eigenvalue weighted by Crippen LogP contribution is -2.01. The normalized spacial score (nSPS) is 11.7. The van der Waals surface area contributed by atoms with Crippen molar-refractivity contribution in [2.45, 2.75) is 0 Å². The number of fused-ring (bicyclic) bond motifs is 8. The van der Waals surface area contributed by atoms with Gasteiger partial charge in [0.25, 0.3) is 0 Å². The molecule has 0 spiro atoms. The van der Waals surface area contributed by atoms with Gasteiger partial charge in [-0.3, -0.25) is 40.5 Å². The number of ether oxygens (including phenoxy) is 4. The molecule has 0 N–H and O–H groups in total. The zero-order chi connectivity index (χ0) is 30.3. The van der Waals surface area contributed by atoms with Crippen LogP contribution in [0.4, 0.5) is 22.7 Å². The second-order valence-electron chi connectivity index (χ2n) is 8.20. The first-order valence-corrected chi connectivity index (χ1v) is 11.9. The van der Waals surface area contributed by atoms with Gasteiger partial charge in [0.2, 0.25) is 23.0 Å². The second kappa shape index (κ2) is 10.7. The van der Waals surface area contributed by atoms with Crippen LogP contribution in [0.3, 0.4) is 0 Å². The molecule has 16 nitrogen and oxygen atoms in total. The fourth-order valence-electron chi connectivity index (χ4n) is 3.72. The van der Waals surface area contributed by atoms with E-state index in [1.165, 1.54) is 24.3 Å². The number of halogens is 2. The van der Waals surface area contributed by atoms with E-state index in [1.54, 1.807) is 0 Å². The summed E-state index contributed by atoms with van der Waals surface area (Å²) in [5.41, 5.74) is -3.22. The van der Waals surface area contributed by atoms with Crippen molar-refractivity contribution >= 4 is 46.0 Å². The minimum absolute atomic E-state index is 0.0943. The Labute approximate surface area is 241 Å². The zero-order valence-corrected chi connectivity index (χ0v) is 21.7. The molecule has 0 unspecified atom stereocenters. The molecule has 42 heavy (non-hydrogen) atoms. The fraction of sp³-hybridized carbons (Fsp3) is 0. The van der Waals surface area contributed by atoms with Crippen LogP contribution >= 0.6 is 23.2 Å². The second-order valence-corrected chi connectivity index (χ2v) is 9.01. The molecule has 1 aliphatic rings. The smallest absolute Gasteiger partial charge is 0.318 e. The van der Waals surface area contributed by atoms with E-state index in [-0.39, 0.29) is 33.0 Å². The highest BCUT2D eigenvalue weighted by atomic mass is 35.5. The van der Waals surface area contributed by atoms with E-state index >= 15 is 0 Å². The van der Waals surface area contributed by atoms with Crippen molar-refractivity contribution in [2.24, 2.45) is 0 Å². The van der Waals surface area contributed by atoms with Crippen LogP contribution in [0.25, 0.3) is 0 Å². The number of hydrogen-bond acceptors (Lipinski definition) is 12. The van der Waals surface area contributed by atoms with Crippen LogP contribution in [-0.2, 0) is 0 Å². The van der Waals surface area contributed by atoms with Gasteiger partial charge in [0.15, 0.2) is 0 Å². The van der Waals surface area contributed by atoms with Gasteiger partial charge in [0.05, 0.1) is 29.7 Å². The van der Waals surface area contributed by atoms with Crippen LogP contribution in [0.2, 0.25) is 10.0 Å². The number of hydrogen-bond donors (Lipinski definition) is 0. The Morgan fingerprint density at radius 1 is 0.429 bits per heavy atom. The van der Waals surface area contributed by atoms with Crippen LogP contribution in [0.1, 0.15) is 0 Å². The fourth-order valence-corrected chi connectivity index (χ4v) is 4.03. The minimum atomic E-state index is -0.922. The first-order chi connectivity index (χ1) is 19.9. The monoisotopic (exact) mass is 616 g/mol. The van der Waals surface area contributed by atoms with E-state index in [0.717, 1.165) is 24.3 Å². The highest BCUT2D eigenvalue weighted by Gasteiger charge is 2.31. The third kappa shape index (κ3) is 5.34. The maximum absolute atomic E-state index is 11.8. The highest BCUT2D eigenvalue weighted by molar-refractivity contribution is 6.32. The zero-order valence-electron chi connectivity index (χ0n) is 20.2. The molecule has 4 aromatic carbocycles. The summed E-state index contributed by atoms with van der Waals surface area (Å²) in [5.74, 6) is -2.81. The molecule has 0 saturated carbocycles. The maximum Gasteiger partial charge on any atom is 0.318 e. The molecule has 212 valence electrons. The van der Waals surface area contributed by atoms with Crippen LogP contribution in [0.15, 0.2) is 60.7 Å². The lowest BCUT2D eigenvalue weighted by Gasteiger charge is -2.15. The molecule has 0 atom stereocenters. The quantitative estimate of drug-likeness (QED) is 0.138. The molecule has 0 aliphatic carbocycles. The Kier molecular flexibility index (Phi) is 7.07. The number of rotatable bonds is 4. The van der Waals surface area contributed by atoms with Crippen LogP contribution in [0, 0.1) is 40.5 Å². The molecule has 8 bridgehead atoms. The Morgan fingerprint density at radius 3 is 1.05 bits per heavy atom. The van der Waals surface area contributed by atoms with Crippen LogP contribution < -0.4 is 18.9 Å². The maximum atomic E-state index is 11.8. The lowest BCUT2D eigenvalue weighted by molar-refractivity contribution is -0.395. The first-order valence-electron chi connectivity index (χ1n) is 11.2. The van der Waals surface area contributed by atoms with Gasteiger partial charge in [-0.25, -0.2) is 0 Å². The van der Waals surface area contributed by atoms with E-state index in [9.17, 15) is 40.5 Å². The average Bonchev–Trinajstić information content (AvgIpc) is 2.91. The van der Waals surface area contributed by atoms with Gasteiger partial charge in [-0.15, -0.1) is 0 Å². The third-order valence-electron chi connectivity index (χ3n) is 5.57. The standard InChI is InChI=1S/C24H10Cl2N4O12/c25-13-3-1-11-5-19(13)41-24-10-22(16(28(33)34)8-18(24)30(37)38)40-12-2-4-14(26)20(6-12)42-23-9-21(39-11)15(27(31)32)7-17(23)29(35)36/h1-10H. The molecule has 0 amide bonds. The van der Waals surface area contributed by atoms with Gasteiger partial charge in [-0.05, 0) is 24.3 Å². The van der Waals surface area contributed by atoms with E-state index in [1.807, 2.05) is 0 Å². The van der Waals surface area contributed by atoms with Gasteiger partial charge >= 0.3 is 22.7 Å². The van der Waals surface area contributed by atoms with Crippen molar-refractivity contribution in [2.75, 3.05) is 0 Å². The van der Waals surface area contributed by atoms with Crippen molar-refractivity contribution in [3.8, 4) is 46.0 Å². The Balaban J connectivity index is 1.80. The molecule has 18 heteroatoms. The summed E-state index contributed by atoms with van der Waals surface area (Å²) in [4.78, 5) is 43.4. The van der Waals surface area contributed by atoms with E-state index in [0.29, 0.717) is 12.1 Å². The van der Waals surface area contributed by atoms with Gasteiger partial charge in [-0.1, -0.05) is 23.2 Å². The van der Waals surface area contributed by atoms with E-state index in [2.05, 4.69) is 0 Å². The van der Waals surface area contributed by atoms with Crippen LogP contribution in [0.5, 0.6) is 46.0 Å². The summed E-state index contributed by atoms with van der Waals surface area (Å²) in [6, 6.07) is 10.3.